The summed E-state index contributed by atoms with van der Waals surface area (Å²) in [6.45, 7) is 6.78. The molecule has 2 fully saturated rings. The zero-order valence-corrected chi connectivity index (χ0v) is 7.55. The van der Waals surface area contributed by atoms with E-state index in [-0.39, 0.29) is 11.7 Å². The molecule has 4 nitrogen and oxygen atoms in total. The molecule has 0 amide bonds. The third-order valence-electron chi connectivity index (χ3n) is 3.07. The highest BCUT2D eigenvalue weighted by atomic mass is 16.5. The average Bonchev–Trinajstić information content (AvgIpc) is 2.16. The Bertz CT molecular complexity index is 170. The third-order valence-corrected chi connectivity index (χ3v) is 3.07. The Morgan fingerprint density at radius 1 is 1.50 bits per heavy atom. The molecule has 0 aromatic rings. The van der Waals surface area contributed by atoms with Crippen LogP contribution >= 0.6 is 0 Å². The Morgan fingerprint density at radius 2 is 2.17 bits per heavy atom. The summed E-state index contributed by atoms with van der Waals surface area (Å²) in [6, 6.07) is 0.274. The molecule has 0 spiro atoms. The van der Waals surface area contributed by atoms with Crippen LogP contribution in [0.3, 0.4) is 0 Å². The van der Waals surface area contributed by atoms with Crippen LogP contribution in [0.2, 0.25) is 0 Å². The van der Waals surface area contributed by atoms with E-state index in [9.17, 15) is 0 Å². The van der Waals surface area contributed by atoms with E-state index in [0.717, 1.165) is 32.8 Å². The van der Waals surface area contributed by atoms with Crippen molar-refractivity contribution in [3.8, 4) is 0 Å². The molecule has 2 saturated heterocycles. The Hall–Kier alpha value is -0.160. The summed E-state index contributed by atoms with van der Waals surface area (Å²) in [7, 11) is 0. The van der Waals surface area contributed by atoms with Gasteiger partial charge in [-0.05, 0) is 6.92 Å². The molecule has 2 aliphatic heterocycles. The van der Waals surface area contributed by atoms with Gasteiger partial charge in [-0.3, -0.25) is 10.2 Å². The average molecular weight is 171 g/mol. The van der Waals surface area contributed by atoms with Gasteiger partial charge >= 0.3 is 0 Å². The number of nitrogens with one attached hydrogen (secondary N) is 1. The highest BCUT2D eigenvalue weighted by molar-refractivity contribution is 5.03. The van der Waals surface area contributed by atoms with Gasteiger partial charge in [0.2, 0.25) is 0 Å². The fourth-order valence-corrected chi connectivity index (χ4v) is 1.89. The van der Waals surface area contributed by atoms with Gasteiger partial charge in [0, 0.05) is 25.7 Å². The Balaban J connectivity index is 1.97. The topological polar surface area (TPSA) is 50.5 Å². The minimum absolute atomic E-state index is 0.0315. The van der Waals surface area contributed by atoms with E-state index in [2.05, 4.69) is 17.1 Å². The molecule has 1 unspecified atom stereocenters. The minimum Gasteiger partial charge on any atom is -0.379 e. The molecule has 0 saturated carbocycles. The fraction of sp³-hybridized carbons (Fsp3) is 1.00. The van der Waals surface area contributed by atoms with Crippen LogP contribution in [0.1, 0.15) is 6.92 Å². The van der Waals surface area contributed by atoms with Gasteiger partial charge < -0.3 is 10.5 Å². The van der Waals surface area contributed by atoms with Crippen molar-refractivity contribution in [3.05, 3.63) is 0 Å². The van der Waals surface area contributed by atoms with Crippen LogP contribution in [-0.4, -0.2) is 49.5 Å². The molecule has 0 aromatic heterocycles. The van der Waals surface area contributed by atoms with Gasteiger partial charge in [-0.15, -0.1) is 0 Å². The highest BCUT2D eigenvalue weighted by Gasteiger charge is 2.44. The number of hydrogen-bond donors (Lipinski definition) is 2. The monoisotopic (exact) mass is 171 g/mol. The molecular weight excluding hydrogens is 154 g/mol. The van der Waals surface area contributed by atoms with Gasteiger partial charge in [-0.1, -0.05) is 0 Å². The number of nitrogens with zero attached hydrogens (tertiary/aromatic N) is 1. The van der Waals surface area contributed by atoms with E-state index in [0.29, 0.717) is 0 Å². The molecule has 0 aromatic carbocycles. The fourth-order valence-electron chi connectivity index (χ4n) is 1.89. The quantitative estimate of drug-likeness (QED) is 0.529. The maximum absolute atomic E-state index is 5.94. The molecule has 70 valence electrons. The van der Waals surface area contributed by atoms with Crippen LogP contribution in [0.4, 0.5) is 0 Å². The number of ether oxygens (including phenoxy) is 1. The predicted octanol–water partition coefficient (Wildman–Crippen LogP) is -1.03. The van der Waals surface area contributed by atoms with Crippen LogP contribution in [-0.2, 0) is 4.74 Å². The molecule has 2 heterocycles. The van der Waals surface area contributed by atoms with E-state index in [1.807, 2.05) is 0 Å². The summed E-state index contributed by atoms with van der Waals surface area (Å²) in [6.07, 6.45) is 0. The molecule has 12 heavy (non-hydrogen) atoms. The second kappa shape index (κ2) is 2.96. The first kappa shape index (κ1) is 8.44. The summed E-state index contributed by atoms with van der Waals surface area (Å²) in [5.41, 5.74) is 5.97. The van der Waals surface area contributed by atoms with Crippen molar-refractivity contribution in [2.75, 3.05) is 32.8 Å². The lowest BCUT2D eigenvalue weighted by Gasteiger charge is -2.54. The molecule has 2 rings (SSSR count). The molecule has 0 aliphatic carbocycles. The van der Waals surface area contributed by atoms with Crippen LogP contribution < -0.4 is 11.1 Å². The van der Waals surface area contributed by atoms with E-state index in [1.54, 1.807) is 0 Å². The Kier molecular flexibility index (Phi) is 2.08. The van der Waals surface area contributed by atoms with E-state index in [4.69, 9.17) is 10.5 Å². The standard InChI is InChI=1S/C8H17N3O/c1-8(7(9)6-10-8)11-2-4-12-5-3-11/h7,10H,2-6,9H2,1H3/t7-,8?/m0/s1. The smallest absolute Gasteiger partial charge is 0.0853 e. The summed E-state index contributed by atoms with van der Waals surface area (Å²) >= 11 is 0. The summed E-state index contributed by atoms with van der Waals surface area (Å²) in [4.78, 5) is 2.38. The van der Waals surface area contributed by atoms with Gasteiger partial charge in [0.1, 0.15) is 0 Å². The minimum atomic E-state index is 0.0315. The van der Waals surface area contributed by atoms with Gasteiger partial charge in [-0.2, -0.15) is 0 Å². The zero-order chi connectivity index (χ0) is 8.60. The van der Waals surface area contributed by atoms with Crippen molar-refractivity contribution in [2.24, 2.45) is 5.73 Å². The molecule has 0 bridgehead atoms. The van der Waals surface area contributed by atoms with E-state index >= 15 is 0 Å². The summed E-state index contributed by atoms with van der Waals surface area (Å²) in [5, 5.41) is 3.39. The van der Waals surface area contributed by atoms with Crippen LogP contribution in [0, 0.1) is 0 Å². The van der Waals surface area contributed by atoms with Gasteiger partial charge in [-0.25, -0.2) is 0 Å². The largest absolute Gasteiger partial charge is 0.379 e. The van der Waals surface area contributed by atoms with Crippen molar-refractivity contribution in [1.29, 1.82) is 0 Å². The second-order valence-corrected chi connectivity index (χ2v) is 3.73. The van der Waals surface area contributed by atoms with E-state index < -0.39 is 0 Å². The highest BCUT2D eigenvalue weighted by Crippen LogP contribution is 2.22. The Labute approximate surface area is 73.0 Å². The van der Waals surface area contributed by atoms with E-state index in [1.165, 1.54) is 0 Å². The molecule has 2 aliphatic rings. The van der Waals surface area contributed by atoms with Crippen LogP contribution in [0.15, 0.2) is 0 Å². The zero-order valence-electron chi connectivity index (χ0n) is 7.55. The maximum Gasteiger partial charge on any atom is 0.0853 e. The Morgan fingerprint density at radius 3 is 2.58 bits per heavy atom. The first-order valence-corrected chi connectivity index (χ1v) is 4.57. The molecule has 2 atom stereocenters. The van der Waals surface area contributed by atoms with Gasteiger partial charge in [0.25, 0.3) is 0 Å². The second-order valence-electron chi connectivity index (χ2n) is 3.73. The summed E-state index contributed by atoms with van der Waals surface area (Å²) in [5.74, 6) is 0. The van der Waals surface area contributed by atoms with Crippen molar-refractivity contribution in [1.82, 2.24) is 10.2 Å². The van der Waals surface area contributed by atoms with Gasteiger partial charge in [0.05, 0.1) is 18.9 Å². The van der Waals surface area contributed by atoms with Crippen LogP contribution in [0.25, 0.3) is 0 Å². The first-order chi connectivity index (χ1) is 5.73. The molecule has 0 radical (unpaired) electrons. The lowest BCUT2D eigenvalue weighted by molar-refractivity contribution is -0.0691. The molecule has 3 N–H and O–H groups in total. The van der Waals surface area contributed by atoms with Crippen molar-refractivity contribution in [3.63, 3.8) is 0 Å². The van der Waals surface area contributed by atoms with Gasteiger partial charge in [0.15, 0.2) is 0 Å². The lowest BCUT2D eigenvalue weighted by atomic mass is 9.92. The normalized spacial score (nSPS) is 44.0. The molecule has 4 heteroatoms. The number of morpholine rings is 1. The maximum atomic E-state index is 5.94. The van der Waals surface area contributed by atoms with Crippen molar-refractivity contribution in [2.45, 2.75) is 18.6 Å². The predicted molar refractivity (Wildman–Crippen MR) is 46.8 cm³/mol. The molecular formula is C8H17N3O. The number of nitrogens with two attached hydrogens (primary N) is 1. The number of rotatable bonds is 1. The first-order valence-electron chi connectivity index (χ1n) is 4.57. The van der Waals surface area contributed by atoms with Crippen molar-refractivity contribution < 1.29 is 4.74 Å². The summed E-state index contributed by atoms with van der Waals surface area (Å²) < 4.78 is 5.29. The number of hydrogen-bond acceptors (Lipinski definition) is 4. The van der Waals surface area contributed by atoms with Crippen LogP contribution in [0.5, 0.6) is 0 Å². The SMILES string of the molecule is CC1(N2CCOCC2)NC[C@@H]1N. The van der Waals surface area contributed by atoms with Crippen molar-refractivity contribution >= 4 is 0 Å². The third kappa shape index (κ3) is 1.15. The lowest BCUT2D eigenvalue weighted by Crippen LogP contribution is -2.79.